The van der Waals surface area contributed by atoms with E-state index in [0.717, 1.165) is 10.0 Å². The second-order valence-corrected chi connectivity index (χ2v) is 5.43. The SMILES string of the molecule is Cc1ocnc1C(=O)NC(C)C(O)c1ccc(Br)cc1. The number of amides is 1. The Labute approximate surface area is 125 Å². The summed E-state index contributed by atoms with van der Waals surface area (Å²) in [7, 11) is 0. The third kappa shape index (κ3) is 3.26. The van der Waals surface area contributed by atoms with Crippen molar-refractivity contribution in [3.05, 3.63) is 52.1 Å². The highest BCUT2D eigenvalue weighted by atomic mass is 79.9. The van der Waals surface area contributed by atoms with Gasteiger partial charge < -0.3 is 14.8 Å². The smallest absolute Gasteiger partial charge is 0.273 e. The zero-order valence-corrected chi connectivity index (χ0v) is 12.7. The predicted octanol–water partition coefficient (Wildman–Crippen LogP) is 2.60. The van der Waals surface area contributed by atoms with Crippen molar-refractivity contribution >= 4 is 21.8 Å². The minimum Gasteiger partial charge on any atom is -0.448 e. The Morgan fingerprint density at radius 2 is 2.05 bits per heavy atom. The molecular weight excluding hydrogens is 324 g/mol. The van der Waals surface area contributed by atoms with Gasteiger partial charge in [0, 0.05) is 4.47 Å². The number of oxazole rings is 1. The molecule has 0 aliphatic carbocycles. The number of aromatic nitrogens is 1. The van der Waals surface area contributed by atoms with E-state index in [4.69, 9.17) is 4.42 Å². The molecule has 0 saturated carbocycles. The molecule has 1 amide bonds. The molecule has 1 aromatic heterocycles. The van der Waals surface area contributed by atoms with Crippen molar-refractivity contribution < 1.29 is 14.3 Å². The molecule has 0 fully saturated rings. The number of halogens is 1. The van der Waals surface area contributed by atoms with Gasteiger partial charge in [0.05, 0.1) is 12.1 Å². The summed E-state index contributed by atoms with van der Waals surface area (Å²) < 4.78 is 5.92. The number of aliphatic hydroxyl groups is 1. The van der Waals surface area contributed by atoms with E-state index in [1.807, 2.05) is 12.1 Å². The highest BCUT2D eigenvalue weighted by molar-refractivity contribution is 9.10. The van der Waals surface area contributed by atoms with Gasteiger partial charge in [-0.3, -0.25) is 4.79 Å². The first-order valence-electron chi connectivity index (χ1n) is 6.13. The van der Waals surface area contributed by atoms with Crippen LogP contribution in [0.15, 0.2) is 39.5 Å². The number of carbonyl (C=O) groups is 1. The lowest BCUT2D eigenvalue weighted by Crippen LogP contribution is -2.37. The molecule has 2 N–H and O–H groups in total. The van der Waals surface area contributed by atoms with Crippen LogP contribution in [0.2, 0.25) is 0 Å². The van der Waals surface area contributed by atoms with Gasteiger partial charge in [0.1, 0.15) is 5.76 Å². The summed E-state index contributed by atoms with van der Waals surface area (Å²) in [4.78, 5) is 15.8. The molecule has 0 saturated heterocycles. The molecule has 2 aromatic rings. The fraction of sp³-hybridized carbons (Fsp3) is 0.286. The molecule has 0 radical (unpaired) electrons. The lowest BCUT2D eigenvalue weighted by molar-refractivity contribution is 0.0846. The molecule has 5 nitrogen and oxygen atoms in total. The first-order valence-corrected chi connectivity index (χ1v) is 6.93. The Kier molecular flexibility index (Phi) is 4.57. The maximum absolute atomic E-state index is 12.0. The van der Waals surface area contributed by atoms with Crippen LogP contribution in [0.3, 0.4) is 0 Å². The fourth-order valence-electron chi connectivity index (χ4n) is 1.83. The van der Waals surface area contributed by atoms with Gasteiger partial charge in [0.2, 0.25) is 0 Å². The summed E-state index contributed by atoms with van der Waals surface area (Å²) in [6, 6.07) is 6.85. The predicted molar refractivity (Wildman–Crippen MR) is 77.3 cm³/mol. The molecule has 0 aliphatic rings. The third-order valence-electron chi connectivity index (χ3n) is 3.00. The molecule has 1 heterocycles. The maximum Gasteiger partial charge on any atom is 0.273 e. The Morgan fingerprint density at radius 1 is 1.40 bits per heavy atom. The molecule has 0 aliphatic heterocycles. The normalized spacial score (nSPS) is 13.8. The van der Waals surface area contributed by atoms with E-state index in [9.17, 15) is 9.90 Å². The summed E-state index contributed by atoms with van der Waals surface area (Å²) in [5, 5.41) is 12.9. The van der Waals surface area contributed by atoms with E-state index in [1.54, 1.807) is 26.0 Å². The second kappa shape index (κ2) is 6.19. The van der Waals surface area contributed by atoms with Gasteiger partial charge in [-0.1, -0.05) is 28.1 Å². The summed E-state index contributed by atoms with van der Waals surface area (Å²) in [5.74, 6) is 0.0905. The van der Waals surface area contributed by atoms with E-state index in [2.05, 4.69) is 26.2 Å². The Morgan fingerprint density at radius 3 is 2.60 bits per heavy atom. The summed E-state index contributed by atoms with van der Waals surface area (Å²) >= 11 is 3.34. The van der Waals surface area contributed by atoms with Crippen molar-refractivity contribution in [1.29, 1.82) is 0 Å². The number of aryl methyl sites for hydroxylation is 1. The standard InChI is InChI=1S/C14H15BrN2O3/c1-8(13(18)10-3-5-11(15)6-4-10)17-14(19)12-9(2)20-7-16-12/h3-8,13,18H,1-2H3,(H,17,19). The first kappa shape index (κ1) is 14.7. The van der Waals surface area contributed by atoms with E-state index < -0.39 is 12.1 Å². The number of nitrogens with zero attached hydrogens (tertiary/aromatic N) is 1. The highest BCUT2D eigenvalue weighted by Crippen LogP contribution is 2.20. The molecule has 0 spiro atoms. The van der Waals surface area contributed by atoms with Gasteiger partial charge in [-0.2, -0.15) is 0 Å². The zero-order chi connectivity index (χ0) is 14.7. The van der Waals surface area contributed by atoms with E-state index in [-0.39, 0.29) is 11.6 Å². The van der Waals surface area contributed by atoms with Crippen LogP contribution in [0, 0.1) is 6.92 Å². The maximum atomic E-state index is 12.0. The van der Waals surface area contributed by atoms with Crippen LogP contribution in [-0.2, 0) is 0 Å². The quantitative estimate of drug-likeness (QED) is 0.898. The van der Waals surface area contributed by atoms with Crippen LogP contribution >= 0.6 is 15.9 Å². The number of rotatable bonds is 4. The number of aliphatic hydroxyl groups excluding tert-OH is 1. The monoisotopic (exact) mass is 338 g/mol. The van der Waals surface area contributed by atoms with Crippen LogP contribution in [0.1, 0.15) is 34.8 Å². The van der Waals surface area contributed by atoms with Gasteiger partial charge >= 0.3 is 0 Å². The summed E-state index contributed by atoms with van der Waals surface area (Å²) in [6.45, 7) is 3.40. The third-order valence-corrected chi connectivity index (χ3v) is 3.53. The van der Waals surface area contributed by atoms with E-state index in [1.165, 1.54) is 6.39 Å². The van der Waals surface area contributed by atoms with Crippen LogP contribution < -0.4 is 5.32 Å². The second-order valence-electron chi connectivity index (χ2n) is 4.52. The molecule has 0 bridgehead atoms. The van der Waals surface area contributed by atoms with Crippen molar-refractivity contribution in [1.82, 2.24) is 10.3 Å². The van der Waals surface area contributed by atoms with E-state index in [0.29, 0.717) is 5.76 Å². The zero-order valence-electron chi connectivity index (χ0n) is 11.1. The highest BCUT2D eigenvalue weighted by Gasteiger charge is 2.21. The molecular formula is C14H15BrN2O3. The molecule has 2 atom stereocenters. The molecule has 6 heteroatoms. The van der Waals surface area contributed by atoms with Gasteiger partial charge in [-0.15, -0.1) is 0 Å². The van der Waals surface area contributed by atoms with Crippen LogP contribution in [0.4, 0.5) is 0 Å². The largest absolute Gasteiger partial charge is 0.448 e. The van der Waals surface area contributed by atoms with Crippen molar-refractivity contribution in [3.8, 4) is 0 Å². The number of carbonyl (C=O) groups excluding carboxylic acids is 1. The molecule has 1 aromatic carbocycles. The molecule has 2 unspecified atom stereocenters. The van der Waals surface area contributed by atoms with Gasteiger partial charge in [-0.05, 0) is 31.5 Å². The number of benzene rings is 1. The average molecular weight is 339 g/mol. The summed E-state index contributed by atoms with van der Waals surface area (Å²) in [5.41, 5.74) is 0.970. The minimum absolute atomic E-state index is 0.236. The Balaban J connectivity index is 2.04. The number of nitrogens with one attached hydrogen (secondary N) is 1. The molecule has 20 heavy (non-hydrogen) atoms. The lowest BCUT2D eigenvalue weighted by atomic mass is 10.0. The lowest BCUT2D eigenvalue weighted by Gasteiger charge is -2.20. The van der Waals surface area contributed by atoms with Crippen molar-refractivity contribution in [2.75, 3.05) is 0 Å². The van der Waals surface area contributed by atoms with Crippen molar-refractivity contribution in [2.24, 2.45) is 0 Å². The fourth-order valence-corrected chi connectivity index (χ4v) is 2.09. The van der Waals surface area contributed by atoms with Gasteiger partial charge in [0.15, 0.2) is 12.1 Å². The number of hydrogen-bond acceptors (Lipinski definition) is 4. The van der Waals surface area contributed by atoms with Crippen LogP contribution in [-0.4, -0.2) is 22.0 Å². The Hall–Kier alpha value is -1.66. The van der Waals surface area contributed by atoms with Crippen molar-refractivity contribution in [2.45, 2.75) is 26.0 Å². The Bertz CT molecular complexity index is 595. The molecule has 2 rings (SSSR count). The number of hydrogen-bond donors (Lipinski definition) is 2. The average Bonchev–Trinajstić information content (AvgIpc) is 2.85. The minimum atomic E-state index is -0.792. The summed E-state index contributed by atoms with van der Waals surface area (Å²) in [6.07, 6.45) is 0.430. The van der Waals surface area contributed by atoms with Crippen LogP contribution in [0.25, 0.3) is 0 Å². The van der Waals surface area contributed by atoms with Crippen LogP contribution in [0.5, 0.6) is 0 Å². The first-order chi connectivity index (χ1) is 9.49. The van der Waals surface area contributed by atoms with E-state index >= 15 is 0 Å². The van der Waals surface area contributed by atoms with Gasteiger partial charge in [-0.25, -0.2) is 4.98 Å². The molecule has 106 valence electrons. The van der Waals surface area contributed by atoms with Crippen molar-refractivity contribution in [3.63, 3.8) is 0 Å². The van der Waals surface area contributed by atoms with Gasteiger partial charge in [0.25, 0.3) is 5.91 Å². The topological polar surface area (TPSA) is 75.4 Å².